The minimum Gasteiger partial charge on any atom is -0.493 e. The van der Waals surface area contributed by atoms with Crippen LogP contribution < -0.4 is 4.74 Å². The maximum absolute atomic E-state index is 12.9. The van der Waals surface area contributed by atoms with Gasteiger partial charge in [0, 0.05) is 25.5 Å². The number of rotatable bonds is 9. The van der Waals surface area contributed by atoms with Crippen LogP contribution >= 0.6 is 0 Å². The highest BCUT2D eigenvalue weighted by molar-refractivity contribution is 5.76. The topological polar surface area (TPSA) is 42.4 Å². The van der Waals surface area contributed by atoms with E-state index < -0.39 is 0 Å². The minimum atomic E-state index is 0.0688. The highest BCUT2D eigenvalue weighted by Gasteiger charge is 2.15. The van der Waals surface area contributed by atoms with Crippen LogP contribution in [-0.4, -0.2) is 22.4 Å². The highest BCUT2D eigenvalue weighted by atomic mass is 16.5. The van der Waals surface area contributed by atoms with Crippen LogP contribution in [0.1, 0.15) is 30.0 Å². The summed E-state index contributed by atoms with van der Waals surface area (Å²) in [7, 11) is 0. The molecule has 3 rings (SSSR count). The first kappa shape index (κ1) is 19.6. The van der Waals surface area contributed by atoms with E-state index in [4.69, 9.17) is 4.74 Å². The second-order valence-electron chi connectivity index (χ2n) is 6.69. The lowest BCUT2D eigenvalue weighted by atomic mass is 10.1. The van der Waals surface area contributed by atoms with Crippen LogP contribution in [0.2, 0.25) is 0 Å². The first-order chi connectivity index (χ1) is 13.7. The van der Waals surface area contributed by atoms with E-state index in [9.17, 15) is 4.79 Å². The van der Waals surface area contributed by atoms with Gasteiger partial charge in [0.1, 0.15) is 5.75 Å². The Kier molecular flexibility index (Phi) is 7.19. The predicted octanol–water partition coefficient (Wildman–Crippen LogP) is 4.64. The van der Waals surface area contributed by atoms with Crippen molar-refractivity contribution < 1.29 is 9.53 Å². The second-order valence-corrected chi connectivity index (χ2v) is 6.69. The van der Waals surface area contributed by atoms with Crippen molar-refractivity contribution in [2.45, 2.75) is 32.9 Å². The zero-order valence-electron chi connectivity index (χ0n) is 16.3. The summed E-state index contributed by atoms with van der Waals surface area (Å²) in [6.07, 6.45) is 4.89. The summed E-state index contributed by atoms with van der Waals surface area (Å²) < 4.78 is 5.70. The molecule has 28 heavy (non-hydrogen) atoms. The van der Waals surface area contributed by atoms with Crippen molar-refractivity contribution in [3.63, 3.8) is 0 Å². The Labute approximate surface area is 166 Å². The van der Waals surface area contributed by atoms with E-state index in [1.54, 1.807) is 12.4 Å². The summed E-state index contributed by atoms with van der Waals surface area (Å²) >= 11 is 0. The third-order valence-corrected chi connectivity index (χ3v) is 4.58. The number of ether oxygens (including phenoxy) is 1. The van der Waals surface area contributed by atoms with Gasteiger partial charge in [-0.25, -0.2) is 0 Å². The maximum Gasteiger partial charge on any atom is 0.226 e. The van der Waals surface area contributed by atoms with Gasteiger partial charge in [0.15, 0.2) is 0 Å². The molecule has 2 aromatic carbocycles. The molecule has 1 amide bonds. The molecule has 0 aliphatic heterocycles. The molecule has 4 heteroatoms. The quantitative estimate of drug-likeness (QED) is 0.548. The summed E-state index contributed by atoms with van der Waals surface area (Å²) in [6, 6.07) is 21.9. The van der Waals surface area contributed by atoms with Gasteiger partial charge in [0.25, 0.3) is 0 Å². The van der Waals surface area contributed by atoms with Crippen LogP contribution in [0.15, 0.2) is 79.1 Å². The Balaban J connectivity index is 1.64. The number of benzene rings is 2. The Morgan fingerprint density at radius 1 is 0.893 bits per heavy atom. The molecule has 0 fully saturated rings. The summed E-state index contributed by atoms with van der Waals surface area (Å²) in [4.78, 5) is 18.9. The molecule has 0 saturated carbocycles. The lowest BCUT2D eigenvalue weighted by molar-refractivity contribution is -0.133. The van der Waals surface area contributed by atoms with E-state index in [0.29, 0.717) is 26.1 Å². The van der Waals surface area contributed by atoms with Crippen molar-refractivity contribution >= 4 is 5.91 Å². The predicted molar refractivity (Wildman–Crippen MR) is 111 cm³/mol. The third-order valence-electron chi connectivity index (χ3n) is 4.58. The van der Waals surface area contributed by atoms with E-state index in [1.165, 1.54) is 5.56 Å². The minimum absolute atomic E-state index is 0.0688. The number of amides is 1. The van der Waals surface area contributed by atoms with Gasteiger partial charge in [-0.3, -0.25) is 9.78 Å². The zero-order chi connectivity index (χ0) is 19.6. The Hall–Kier alpha value is -3.14. The molecule has 0 N–H and O–H groups in total. The monoisotopic (exact) mass is 374 g/mol. The second kappa shape index (κ2) is 10.3. The normalized spacial score (nSPS) is 10.5. The smallest absolute Gasteiger partial charge is 0.226 e. The van der Waals surface area contributed by atoms with E-state index in [0.717, 1.165) is 23.3 Å². The summed E-state index contributed by atoms with van der Waals surface area (Å²) in [5.41, 5.74) is 3.44. The fourth-order valence-electron chi connectivity index (χ4n) is 2.98. The van der Waals surface area contributed by atoms with E-state index in [2.05, 4.69) is 36.2 Å². The molecular formula is C24H26N2O2. The Morgan fingerprint density at radius 3 is 2.29 bits per heavy atom. The van der Waals surface area contributed by atoms with Gasteiger partial charge in [0.05, 0.1) is 13.0 Å². The van der Waals surface area contributed by atoms with Crippen molar-refractivity contribution in [2.75, 3.05) is 6.61 Å². The van der Waals surface area contributed by atoms with Gasteiger partial charge in [-0.1, -0.05) is 55.5 Å². The largest absolute Gasteiger partial charge is 0.493 e. The Bertz CT molecular complexity index is 849. The molecule has 4 nitrogen and oxygen atoms in total. The standard InChI is InChI=1S/C24H26N2O2/c1-2-20-10-12-21(13-11-20)18-26(19-22-7-6-15-25-17-22)24(27)14-16-28-23-8-4-3-5-9-23/h3-13,15,17H,2,14,16,18-19H2,1H3. The number of para-hydroxylation sites is 1. The van der Waals surface area contributed by atoms with Crippen LogP contribution in [0.4, 0.5) is 0 Å². The SMILES string of the molecule is CCc1ccc(CN(Cc2cccnc2)C(=O)CCOc2ccccc2)cc1. The number of hydrogen-bond acceptors (Lipinski definition) is 3. The molecule has 0 aliphatic rings. The average molecular weight is 374 g/mol. The van der Waals surface area contributed by atoms with Crippen LogP contribution in [0.25, 0.3) is 0 Å². The first-order valence-corrected chi connectivity index (χ1v) is 9.67. The lowest BCUT2D eigenvalue weighted by Gasteiger charge is -2.23. The average Bonchev–Trinajstić information content (AvgIpc) is 2.75. The van der Waals surface area contributed by atoms with Crippen LogP contribution in [0.3, 0.4) is 0 Å². The zero-order valence-corrected chi connectivity index (χ0v) is 16.3. The number of nitrogens with zero attached hydrogens (tertiary/aromatic N) is 2. The molecule has 0 saturated heterocycles. The number of carbonyl (C=O) groups is 1. The summed E-state index contributed by atoms with van der Waals surface area (Å²) in [6.45, 7) is 3.61. The molecule has 0 radical (unpaired) electrons. The van der Waals surface area contributed by atoms with E-state index in [-0.39, 0.29) is 5.91 Å². The number of pyridine rings is 1. The molecule has 0 aliphatic carbocycles. The van der Waals surface area contributed by atoms with Gasteiger partial charge < -0.3 is 9.64 Å². The van der Waals surface area contributed by atoms with Crippen molar-refractivity contribution in [2.24, 2.45) is 0 Å². The van der Waals surface area contributed by atoms with Crippen molar-refractivity contribution in [3.05, 3.63) is 95.8 Å². The van der Waals surface area contributed by atoms with Gasteiger partial charge in [-0.2, -0.15) is 0 Å². The molecule has 1 heterocycles. The number of aromatic nitrogens is 1. The van der Waals surface area contributed by atoms with Gasteiger partial charge >= 0.3 is 0 Å². The van der Waals surface area contributed by atoms with Crippen LogP contribution in [0, 0.1) is 0 Å². The van der Waals surface area contributed by atoms with Crippen molar-refractivity contribution in [3.8, 4) is 5.75 Å². The third kappa shape index (κ3) is 5.95. The molecule has 0 unspecified atom stereocenters. The molecule has 1 aromatic heterocycles. The van der Waals surface area contributed by atoms with E-state index in [1.807, 2.05) is 47.4 Å². The lowest BCUT2D eigenvalue weighted by Crippen LogP contribution is -2.31. The van der Waals surface area contributed by atoms with Crippen LogP contribution in [-0.2, 0) is 24.3 Å². The first-order valence-electron chi connectivity index (χ1n) is 9.67. The number of aryl methyl sites for hydroxylation is 1. The highest BCUT2D eigenvalue weighted by Crippen LogP contribution is 2.14. The molecule has 3 aromatic rings. The molecule has 144 valence electrons. The summed E-state index contributed by atoms with van der Waals surface area (Å²) in [5, 5.41) is 0. The fourth-order valence-corrected chi connectivity index (χ4v) is 2.98. The molecule has 0 spiro atoms. The molecule has 0 atom stereocenters. The fraction of sp³-hybridized carbons (Fsp3) is 0.250. The van der Waals surface area contributed by atoms with Gasteiger partial charge in [-0.15, -0.1) is 0 Å². The van der Waals surface area contributed by atoms with Gasteiger partial charge in [-0.05, 0) is 41.3 Å². The van der Waals surface area contributed by atoms with Crippen LogP contribution in [0.5, 0.6) is 5.75 Å². The van der Waals surface area contributed by atoms with Gasteiger partial charge in [0.2, 0.25) is 5.91 Å². The number of hydrogen-bond donors (Lipinski definition) is 0. The van der Waals surface area contributed by atoms with Crippen molar-refractivity contribution in [1.82, 2.24) is 9.88 Å². The number of carbonyl (C=O) groups excluding carboxylic acids is 1. The van der Waals surface area contributed by atoms with Crippen molar-refractivity contribution in [1.29, 1.82) is 0 Å². The molecular weight excluding hydrogens is 348 g/mol. The Morgan fingerprint density at radius 2 is 1.61 bits per heavy atom. The van der Waals surface area contributed by atoms with E-state index >= 15 is 0 Å². The maximum atomic E-state index is 12.9. The summed E-state index contributed by atoms with van der Waals surface area (Å²) in [5.74, 6) is 0.851. The molecule has 0 bridgehead atoms.